The minimum atomic E-state index is -4.67. The van der Waals surface area contributed by atoms with Gasteiger partial charge in [-0.2, -0.15) is 21.7 Å². The first-order valence-corrected chi connectivity index (χ1v) is 5.14. The predicted molar refractivity (Wildman–Crippen MR) is 44.3 cm³/mol. The molecule has 0 aromatic carbocycles. The van der Waals surface area contributed by atoms with Crippen LogP contribution >= 0.6 is 0 Å². The summed E-state index contributed by atoms with van der Waals surface area (Å²) in [6.07, 6.45) is 0. The molecule has 14 heteroatoms. The molecule has 12 nitrogen and oxygen atoms in total. The molecule has 15 heavy (non-hydrogen) atoms. The number of hydrogen-bond acceptors (Lipinski definition) is 9. The lowest BCUT2D eigenvalue weighted by Gasteiger charge is -1.80. The molecule has 0 bridgehead atoms. The molecular weight excluding hydrogens is 264 g/mol. The summed E-state index contributed by atoms with van der Waals surface area (Å²) < 4.78 is 60.4. The standard InChI is InChI=1S/CH3NO.HNO5S.H2O4S/c1-2-3;2-1-6-7(3,4)5;1-5(2,3)4/h1H3;(H,3,4,5);(H2,1,2,3,4). The van der Waals surface area contributed by atoms with Gasteiger partial charge in [0.25, 0.3) is 0 Å². The van der Waals surface area contributed by atoms with E-state index in [1.54, 1.807) is 0 Å². The molecule has 0 atom stereocenters. The Labute approximate surface area is 83.7 Å². The molecule has 0 aromatic rings. The van der Waals surface area contributed by atoms with Gasteiger partial charge in [-0.25, -0.2) is 4.28 Å². The second kappa shape index (κ2) is 9.34. The van der Waals surface area contributed by atoms with Crippen molar-refractivity contribution >= 4 is 20.8 Å². The maximum absolute atomic E-state index is 9.27. The zero-order valence-electron chi connectivity index (χ0n) is 6.91. The summed E-state index contributed by atoms with van der Waals surface area (Å²) in [6.45, 7) is 0. The topological polar surface area (TPSA) is 197 Å². The van der Waals surface area contributed by atoms with Crippen LogP contribution in [-0.2, 0) is 25.1 Å². The minimum Gasteiger partial charge on any atom is -0.264 e. The lowest BCUT2D eigenvalue weighted by atomic mass is 11.6. The number of nitrogens with zero attached hydrogens (tertiary/aromatic N) is 2. The van der Waals surface area contributed by atoms with Gasteiger partial charge in [0.2, 0.25) is 0 Å². The molecule has 3 N–H and O–H groups in total. The van der Waals surface area contributed by atoms with Gasteiger partial charge in [0.1, 0.15) is 0 Å². The lowest BCUT2D eigenvalue weighted by Crippen LogP contribution is -1.95. The predicted octanol–water partition coefficient (Wildman–Crippen LogP) is -0.783. The van der Waals surface area contributed by atoms with E-state index in [9.17, 15) is 8.42 Å². The molecule has 0 radical (unpaired) electrons. The third-order valence-electron chi connectivity index (χ3n) is 0.125. The van der Waals surface area contributed by atoms with E-state index < -0.39 is 20.8 Å². The van der Waals surface area contributed by atoms with Crippen LogP contribution in [0.2, 0.25) is 0 Å². The van der Waals surface area contributed by atoms with Crippen LogP contribution in [0, 0.1) is 9.81 Å². The van der Waals surface area contributed by atoms with Crippen molar-refractivity contribution in [1.29, 1.82) is 0 Å². The summed E-state index contributed by atoms with van der Waals surface area (Å²) in [5.41, 5.74) is 0. The normalized spacial score (nSPS) is 9.60. The first-order valence-electron chi connectivity index (χ1n) is 2.38. The molecule has 0 aromatic heterocycles. The quantitative estimate of drug-likeness (QED) is 0.324. The molecule has 0 amide bonds. The van der Waals surface area contributed by atoms with Gasteiger partial charge in [-0.1, -0.05) is 5.18 Å². The average Bonchev–Trinajstić information content (AvgIpc) is 1.80. The van der Waals surface area contributed by atoms with Gasteiger partial charge in [0, 0.05) is 0 Å². The van der Waals surface area contributed by atoms with Crippen molar-refractivity contribution in [2.75, 3.05) is 7.05 Å². The van der Waals surface area contributed by atoms with Gasteiger partial charge in [0.15, 0.2) is 5.34 Å². The highest BCUT2D eigenvalue weighted by Gasteiger charge is 2.01. The fraction of sp³-hybridized carbons (Fsp3) is 1.00. The highest BCUT2D eigenvalue weighted by Crippen LogP contribution is 1.82. The van der Waals surface area contributed by atoms with E-state index in [4.69, 9.17) is 31.9 Å². The molecule has 0 fully saturated rings. The first-order chi connectivity index (χ1) is 6.47. The molecule has 92 valence electrons. The van der Waals surface area contributed by atoms with Crippen LogP contribution in [0.25, 0.3) is 0 Å². The molecular formula is CH6N2O10S2. The maximum Gasteiger partial charge on any atom is 0.468 e. The van der Waals surface area contributed by atoms with Crippen molar-refractivity contribution in [3.8, 4) is 0 Å². The Morgan fingerprint density at radius 1 is 1.00 bits per heavy atom. The van der Waals surface area contributed by atoms with Crippen LogP contribution in [0.4, 0.5) is 0 Å². The maximum atomic E-state index is 9.27. The lowest BCUT2D eigenvalue weighted by molar-refractivity contribution is 0.278. The van der Waals surface area contributed by atoms with E-state index in [0.717, 1.165) is 0 Å². The molecule has 0 saturated carbocycles. The van der Waals surface area contributed by atoms with E-state index in [1.807, 2.05) is 0 Å². The van der Waals surface area contributed by atoms with E-state index in [2.05, 4.69) is 9.46 Å². The van der Waals surface area contributed by atoms with E-state index in [1.165, 1.54) is 12.4 Å². The fourth-order valence-corrected chi connectivity index (χ4v) is 0.115. The van der Waals surface area contributed by atoms with E-state index in [0.29, 0.717) is 0 Å². The fourth-order valence-electron chi connectivity index (χ4n) is 0.0385. The van der Waals surface area contributed by atoms with Crippen molar-refractivity contribution in [3.63, 3.8) is 0 Å². The van der Waals surface area contributed by atoms with Crippen LogP contribution in [0.1, 0.15) is 0 Å². The highest BCUT2D eigenvalue weighted by molar-refractivity contribution is 7.80. The van der Waals surface area contributed by atoms with Gasteiger partial charge in [0.05, 0.1) is 7.05 Å². The van der Waals surface area contributed by atoms with Crippen molar-refractivity contribution in [1.82, 2.24) is 0 Å². The Bertz CT molecular complexity index is 343. The summed E-state index contributed by atoms with van der Waals surface area (Å²) in [7, 11) is -8.13. The monoisotopic (exact) mass is 270 g/mol. The van der Waals surface area contributed by atoms with Crippen LogP contribution in [-0.4, -0.2) is 37.5 Å². The zero-order valence-corrected chi connectivity index (χ0v) is 8.54. The van der Waals surface area contributed by atoms with Gasteiger partial charge in [-0.05, 0) is 0 Å². The minimum absolute atomic E-state index is 1.19. The largest absolute Gasteiger partial charge is 0.468 e. The van der Waals surface area contributed by atoms with Gasteiger partial charge < -0.3 is 0 Å². The second-order valence-electron chi connectivity index (χ2n) is 1.21. The van der Waals surface area contributed by atoms with Crippen LogP contribution in [0.3, 0.4) is 0 Å². The third-order valence-corrected chi connectivity index (χ3v) is 0.374. The highest BCUT2D eigenvalue weighted by atomic mass is 32.3. The van der Waals surface area contributed by atoms with E-state index in [-0.39, 0.29) is 0 Å². The van der Waals surface area contributed by atoms with Crippen molar-refractivity contribution in [2.24, 2.45) is 10.5 Å². The summed E-state index contributed by atoms with van der Waals surface area (Å²) in [5.74, 6) is 0. The third kappa shape index (κ3) is 192. The molecule has 0 saturated heterocycles. The van der Waals surface area contributed by atoms with Crippen molar-refractivity contribution in [2.45, 2.75) is 0 Å². The van der Waals surface area contributed by atoms with Crippen LogP contribution in [0.15, 0.2) is 10.5 Å². The Balaban J connectivity index is -0.000000158. The Hall–Kier alpha value is -1.22. The molecule has 0 spiro atoms. The summed E-state index contributed by atoms with van der Waals surface area (Å²) in [4.78, 5) is 17.4. The molecule has 0 aliphatic carbocycles. The molecule has 0 unspecified atom stereocenters. The van der Waals surface area contributed by atoms with Gasteiger partial charge in [-0.15, -0.1) is 4.91 Å². The van der Waals surface area contributed by atoms with Crippen molar-refractivity contribution in [3.05, 3.63) is 9.81 Å². The summed E-state index contributed by atoms with van der Waals surface area (Å²) in [6, 6.07) is 0. The van der Waals surface area contributed by atoms with Crippen LogP contribution in [0.5, 0.6) is 0 Å². The first kappa shape index (κ1) is 19.4. The number of nitroso groups, excluding NO2 is 1. The van der Waals surface area contributed by atoms with E-state index >= 15 is 0 Å². The Morgan fingerprint density at radius 3 is 1.20 bits per heavy atom. The molecule has 0 aliphatic heterocycles. The summed E-state index contributed by atoms with van der Waals surface area (Å²) >= 11 is 0. The van der Waals surface area contributed by atoms with Crippen LogP contribution < -0.4 is 0 Å². The number of hydrogen-bond donors (Lipinski definition) is 3. The molecule has 0 aliphatic rings. The average molecular weight is 270 g/mol. The van der Waals surface area contributed by atoms with Gasteiger partial charge >= 0.3 is 20.8 Å². The smallest absolute Gasteiger partial charge is 0.264 e. The summed E-state index contributed by atoms with van der Waals surface area (Å²) in [5, 5.41) is 3.67. The SMILES string of the molecule is CN=O.O=NOS(=O)(=O)O.O=S(=O)(O)O. The Morgan fingerprint density at radius 2 is 1.20 bits per heavy atom. The Kier molecular flexibility index (Phi) is 12.1. The molecule has 0 heterocycles. The van der Waals surface area contributed by atoms with Crippen molar-refractivity contribution < 1.29 is 34.8 Å². The second-order valence-corrected chi connectivity index (χ2v) is 3.11. The number of rotatable bonds is 2. The van der Waals surface area contributed by atoms with Gasteiger partial charge in [-0.3, -0.25) is 13.7 Å². The zero-order chi connectivity index (χ0) is 13.1. The molecule has 0 rings (SSSR count).